The number of carbonyl (C=O) groups excluding carboxylic acids is 2. The van der Waals surface area contributed by atoms with Gasteiger partial charge in [-0.05, 0) is 30.1 Å². The highest BCUT2D eigenvalue weighted by Crippen LogP contribution is 2.28. The van der Waals surface area contributed by atoms with Gasteiger partial charge in [-0.15, -0.1) is 0 Å². The van der Waals surface area contributed by atoms with Crippen LogP contribution in [0.1, 0.15) is 12.8 Å². The van der Waals surface area contributed by atoms with E-state index in [0.29, 0.717) is 12.8 Å². The number of nitrogens with zero attached hydrogens (tertiary/aromatic N) is 1. The van der Waals surface area contributed by atoms with Crippen LogP contribution in [0.4, 0.5) is 5.00 Å². The van der Waals surface area contributed by atoms with Crippen molar-refractivity contribution in [2.45, 2.75) is 18.9 Å². The van der Waals surface area contributed by atoms with Gasteiger partial charge < -0.3 is 5.32 Å². The summed E-state index contributed by atoms with van der Waals surface area (Å²) in [5.74, 6) is -0.462. The van der Waals surface area contributed by atoms with Gasteiger partial charge in [0, 0.05) is 11.8 Å². The zero-order chi connectivity index (χ0) is 12.5. The monoisotopic (exact) mass is 261 g/mol. The molecule has 0 spiro atoms. The number of fused-ring (bicyclic) bond motifs is 1. The standard InChI is InChI=1S/C12H11N3O2S/c16-10-6-5-9(11(17)14-10)13-12-7-3-1-2-4-8(7)15-18-12/h1-4,9,13H,5-6H2,(H,14,16,17). The van der Waals surface area contributed by atoms with Crippen molar-refractivity contribution < 1.29 is 9.59 Å². The highest BCUT2D eigenvalue weighted by molar-refractivity contribution is 7.11. The van der Waals surface area contributed by atoms with Gasteiger partial charge in [-0.2, -0.15) is 4.37 Å². The molecule has 1 saturated heterocycles. The Balaban J connectivity index is 1.84. The molecule has 0 bridgehead atoms. The number of nitrogens with one attached hydrogen (secondary N) is 2. The molecule has 1 atom stereocenters. The molecule has 6 heteroatoms. The van der Waals surface area contributed by atoms with Gasteiger partial charge in [0.15, 0.2) is 0 Å². The van der Waals surface area contributed by atoms with Crippen molar-refractivity contribution in [2.24, 2.45) is 0 Å². The molecule has 0 radical (unpaired) electrons. The lowest BCUT2D eigenvalue weighted by Crippen LogP contribution is -2.47. The third-order valence-electron chi connectivity index (χ3n) is 2.93. The van der Waals surface area contributed by atoms with Crippen LogP contribution in [0.2, 0.25) is 0 Å². The second kappa shape index (κ2) is 4.38. The summed E-state index contributed by atoms with van der Waals surface area (Å²) >= 11 is 1.33. The number of piperidine rings is 1. The summed E-state index contributed by atoms with van der Waals surface area (Å²) in [7, 11) is 0. The number of rotatable bonds is 2. The number of benzene rings is 1. The first-order chi connectivity index (χ1) is 8.74. The normalized spacial score (nSPS) is 19.9. The van der Waals surface area contributed by atoms with E-state index in [2.05, 4.69) is 15.0 Å². The van der Waals surface area contributed by atoms with Crippen LogP contribution in [-0.4, -0.2) is 22.2 Å². The maximum absolute atomic E-state index is 11.7. The van der Waals surface area contributed by atoms with E-state index in [9.17, 15) is 9.59 Å². The van der Waals surface area contributed by atoms with E-state index in [0.717, 1.165) is 15.9 Å². The van der Waals surface area contributed by atoms with Crippen LogP contribution in [0.5, 0.6) is 0 Å². The summed E-state index contributed by atoms with van der Waals surface area (Å²) in [6.45, 7) is 0. The first kappa shape index (κ1) is 11.2. The Morgan fingerprint density at radius 3 is 3.00 bits per heavy atom. The van der Waals surface area contributed by atoms with Gasteiger partial charge in [-0.1, -0.05) is 12.1 Å². The number of hydrogen-bond donors (Lipinski definition) is 2. The Morgan fingerprint density at radius 2 is 2.17 bits per heavy atom. The van der Waals surface area contributed by atoms with Gasteiger partial charge >= 0.3 is 0 Å². The fraction of sp³-hybridized carbons (Fsp3) is 0.250. The number of imide groups is 1. The molecule has 92 valence electrons. The molecule has 2 aromatic rings. The molecule has 18 heavy (non-hydrogen) atoms. The lowest BCUT2D eigenvalue weighted by atomic mass is 10.1. The Hall–Kier alpha value is -1.95. The fourth-order valence-corrected chi connectivity index (χ4v) is 2.80. The van der Waals surface area contributed by atoms with Gasteiger partial charge in [0.05, 0.1) is 5.52 Å². The predicted molar refractivity (Wildman–Crippen MR) is 69.4 cm³/mol. The smallest absolute Gasteiger partial charge is 0.249 e. The van der Waals surface area contributed by atoms with Crippen LogP contribution in [0.15, 0.2) is 24.3 Å². The molecule has 3 rings (SSSR count). The van der Waals surface area contributed by atoms with Crippen molar-refractivity contribution in [1.82, 2.24) is 9.69 Å². The van der Waals surface area contributed by atoms with E-state index in [4.69, 9.17) is 0 Å². The second-order valence-corrected chi connectivity index (χ2v) is 4.95. The number of carbonyl (C=O) groups is 2. The molecule has 2 heterocycles. The SMILES string of the molecule is O=C1CCC(Nc2snc3ccccc23)C(=O)N1. The van der Waals surface area contributed by atoms with Gasteiger partial charge in [-0.25, -0.2) is 0 Å². The van der Waals surface area contributed by atoms with Crippen LogP contribution in [0.3, 0.4) is 0 Å². The van der Waals surface area contributed by atoms with Crippen molar-refractivity contribution >= 4 is 39.3 Å². The van der Waals surface area contributed by atoms with Crippen molar-refractivity contribution in [3.05, 3.63) is 24.3 Å². The van der Waals surface area contributed by atoms with Crippen LogP contribution in [0, 0.1) is 0 Å². The van der Waals surface area contributed by atoms with E-state index < -0.39 is 0 Å². The summed E-state index contributed by atoms with van der Waals surface area (Å²) in [6, 6.07) is 7.41. The van der Waals surface area contributed by atoms with Crippen LogP contribution < -0.4 is 10.6 Å². The maximum atomic E-state index is 11.7. The molecule has 1 aromatic carbocycles. The Bertz CT molecular complexity index is 623. The third-order valence-corrected chi connectivity index (χ3v) is 3.74. The van der Waals surface area contributed by atoms with Gasteiger partial charge in [0.25, 0.3) is 0 Å². The molecule has 1 aliphatic rings. The zero-order valence-electron chi connectivity index (χ0n) is 9.47. The molecular formula is C12H11N3O2S. The molecule has 1 aromatic heterocycles. The van der Waals surface area contributed by atoms with Gasteiger partial charge in [0.1, 0.15) is 11.0 Å². The molecule has 1 unspecified atom stereocenters. The maximum Gasteiger partial charge on any atom is 0.249 e. The predicted octanol–water partition coefficient (Wildman–Crippen LogP) is 1.51. The first-order valence-corrected chi connectivity index (χ1v) is 6.46. The molecule has 2 amide bonds. The first-order valence-electron chi connectivity index (χ1n) is 5.69. The largest absolute Gasteiger partial charge is 0.364 e. The van der Waals surface area contributed by atoms with E-state index in [1.54, 1.807) is 0 Å². The third kappa shape index (κ3) is 1.95. The highest BCUT2D eigenvalue weighted by atomic mass is 32.1. The van der Waals surface area contributed by atoms with Crippen molar-refractivity contribution in [3.63, 3.8) is 0 Å². The molecule has 5 nitrogen and oxygen atoms in total. The summed E-state index contributed by atoms with van der Waals surface area (Å²) in [5.41, 5.74) is 0.914. The van der Waals surface area contributed by atoms with Crippen LogP contribution in [0.25, 0.3) is 10.9 Å². The molecule has 1 fully saturated rings. The van der Waals surface area contributed by atoms with Gasteiger partial charge in [0.2, 0.25) is 11.8 Å². The number of aromatic nitrogens is 1. The second-order valence-electron chi connectivity index (χ2n) is 4.18. The average Bonchev–Trinajstić information content (AvgIpc) is 2.76. The lowest BCUT2D eigenvalue weighted by Gasteiger charge is -2.21. The zero-order valence-corrected chi connectivity index (χ0v) is 10.3. The molecular weight excluding hydrogens is 250 g/mol. The quantitative estimate of drug-likeness (QED) is 0.804. The summed E-state index contributed by atoms with van der Waals surface area (Å²) < 4.78 is 4.30. The number of amides is 2. The van der Waals surface area contributed by atoms with Crippen LogP contribution >= 0.6 is 11.5 Å². The minimum Gasteiger partial charge on any atom is -0.364 e. The summed E-state index contributed by atoms with van der Waals surface area (Å²) in [4.78, 5) is 22.7. The fourth-order valence-electron chi connectivity index (χ4n) is 1.98. The van der Waals surface area contributed by atoms with Gasteiger partial charge in [-0.3, -0.25) is 14.9 Å². The number of anilines is 1. The van der Waals surface area contributed by atoms with Crippen molar-refractivity contribution in [3.8, 4) is 0 Å². The Labute approximate surface area is 107 Å². The molecule has 1 aliphatic heterocycles. The Kier molecular flexibility index (Phi) is 2.71. The molecule has 0 aliphatic carbocycles. The average molecular weight is 261 g/mol. The topological polar surface area (TPSA) is 71.1 Å². The van der Waals surface area contributed by atoms with Crippen molar-refractivity contribution in [2.75, 3.05) is 5.32 Å². The molecule has 2 N–H and O–H groups in total. The van der Waals surface area contributed by atoms with Crippen molar-refractivity contribution in [1.29, 1.82) is 0 Å². The number of hydrogen-bond acceptors (Lipinski definition) is 5. The van der Waals surface area contributed by atoms with Crippen LogP contribution in [-0.2, 0) is 9.59 Å². The lowest BCUT2D eigenvalue weighted by molar-refractivity contribution is -0.133. The minimum absolute atomic E-state index is 0.202. The summed E-state index contributed by atoms with van der Waals surface area (Å²) in [5, 5.41) is 7.38. The summed E-state index contributed by atoms with van der Waals surface area (Å²) in [6.07, 6.45) is 0.900. The Morgan fingerprint density at radius 1 is 1.33 bits per heavy atom. The molecule has 0 saturated carbocycles. The van der Waals surface area contributed by atoms with E-state index >= 15 is 0 Å². The van der Waals surface area contributed by atoms with E-state index in [1.165, 1.54) is 11.5 Å². The van der Waals surface area contributed by atoms with E-state index in [1.807, 2.05) is 24.3 Å². The highest BCUT2D eigenvalue weighted by Gasteiger charge is 2.27. The van der Waals surface area contributed by atoms with E-state index in [-0.39, 0.29) is 17.9 Å². The minimum atomic E-state index is -0.355.